The van der Waals surface area contributed by atoms with Crippen molar-refractivity contribution in [1.82, 2.24) is 20.1 Å². The third-order valence-corrected chi connectivity index (χ3v) is 5.43. The van der Waals surface area contributed by atoms with Gasteiger partial charge >= 0.3 is 0 Å². The molecular weight excluding hydrogens is 368 g/mol. The predicted octanol–water partition coefficient (Wildman–Crippen LogP) is 4.63. The van der Waals surface area contributed by atoms with E-state index in [1.807, 2.05) is 41.8 Å². The Balaban J connectivity index is 1.68. The van der Waals surface area contributed by atoms with Gasteiger partial charge in [0.05, 0.1) is 11.8 Å². The molecule has 28 heavy (non-hydrogen) atoms. The summed E-state index contributed by atoms with van der Waals surface area (Å²) in [6.07, 6.45) is 1.92. The maximum atomic E-state index is 12.6. The van der Waals surface area contributed by atoms with E-state index in [4.69, 9.17) is 0 Å². The second-order valence-electron chi connectivity index (χ2n) is 6.81. The summed E-state index contributed by atoms with van der Waals surface area (Å²) in [6, 6.07) is 18.4. The number of aryl methyl sites for hydroxylation is 2. The van der Waals surface area contributed by atoms with Crippen molar-refractivity contribution in [3.63, 3.8) is 0 Å². The van der Waals surface area contributed by atoms with E-state index in [-0.39, 0.29) is 11.9 Å². The Morgan fingerprint density at radius 2 is 1.89 bits per heavy atom. The van der Waals surface area contributed by atoms with E-state index in [9.17, 15) is 4.79 Å². The van der Waals surface area contributed by atoms with Gasteiger partial charge in [0.15, 0.2) is 5.16 Å². The predicted molar refractivity (Wildman–Crippen MR) is 114 cm³/mol. The van der Waals surface area contributed by atoms with Crippen LogP contribution >= 0.6 is 11.8 Å². The molecule has 1 N–H and O–H groups in total. The molecule has 0 saturated carbocycles. The molecule has 0 aliphatic rings. The lowest BCUT2D eigenvalue weighted by Crippen LogP contribution is -2.30. The van der Waals surface area contributed by atoms with E-state index in [1.54, 1.807) is 0 Å². The van der Waals surface area contributed by atoms with Gasteiger partial charge < -0.3 is 5.32 Å². The van der Waals surface area contributed by atoms with Crippen molar-refractivity contribution in [3.05, 3.63) is 71.5 Å². The minimum atomic E-state index is 0.00347. The summed E-state index contributed by atoms with van der Waals surface area (Å²) in [6.45, 7) is 6.11. The zero-order valence-electron chi connectivity index (χ0n) is 16.6. The van der Waals surface area contributed by atoms with E-state index in [1.165, 1.54) is 17.3 Å². The van der Waals surface area contributed by atoms with Gasteiger partial charge in [0.25, 0.3) is 0 Å². The summed E-state index contributed by atoms with van der Waals surface area (Å²) >= 11 is 1.41. The molecular formula is C22H26N4OS. The van der Waals surface area contributed by atoms with Crippen LogP contribution in [0.4, 0.5) is 0 Å². The van der Waals surface area contributed by atoms with Crippen molar-refractivity contribution in [2.45, 2.75) is 44.8 Å². The lowest BCUT2D eigenvalue weighted by molar-refractivity contribution is -0.119. The van der Waals surface area contributed by atoms with Crippen LogP contribution < -0.4 is 5.32 Å². The molecule has 0 radical (unpaired) electrons. The molecule has 2 aromatic carbocycles. The maximum Gasteiger partial charge on any atom is 0.230 e. The number of carbonyl (C=O) groups is 1. The van der Waals surface area contributed by atoms with Crippen molar-refractivity contribution >= 4 is 17.7 Å². The average molecular weight is 395 g/mol. The highest BCUT2D eigenvalue weighted by Crippen LogP contribution is 2.23. The van der Waals surface area contributed by atoms with Crippen LogP contribution in [0.1, 0.15) is 42.8 Å². The standard InChI is InChI=1S/C22H26N4OS/c1-4-9-20(18-11-6-5-7-12-18)23-21(27)15-28-22-25-24-17(3)26(22)19-13-8-10-16(2)14-19/h5-8,10-14,20H,4,9,15H2,1-3H3,(H,23,27)/t20-/m1/s1. The van der Waals surface area contributed by atoms with Gasteiger partial charge in [-0.25, -0.2) is 0 Å². The first-order valence-electron chi connectivity index (χ1n) is 9.54. The van der Waals surface area contributed by atoms with Crippen LogP contribution in [0.3, 0.4) is 0 Å². The Morgan fingerprint density at radius 1 is 1.11 bits per heavy atom. The van der Waals surface area contributed by atoms with Crippen LogP contribution in [0.2, 0.25) is 0 Å². The highest BCUT2D eigenvalue weighted by Gasteiger charge is 2.16. The smallest absolute Gasteiger partial charge is 0.230 e. The number of amides is 1. The molecule has 146 valence electrons. The summed E-state index contributed by atoms with van der Waals surface area (Å²) < 4.78 is 1.99. The van der Waals surface area contributed by atoms with Crippen molar-refractivity contribution in [1.29, 1.82) is 0 Å². The summed E-state index contributed by atoms with van der Waals surface area (Å²) in [5.41, 5.74) is 3.32. The first-order valence-corrected chi connectivity index (χ1v) is 10.5. The number of nitrogens with one attached hydrogen (secondary N) is 1. The SMILES string of the molecule is CCC[C@@H](NC(=O)CSc1nnc(C)n1-c1cccc(C)c1)c1ccccc1. The Labute approximate surface area is 170 Å². The fourth-order valence-electron chi connectivity index (χ4n) is 3.16. The molecule has 0 aliphatic carbocycles. The number of hydrogen-bond acceptors (Lipinski definition) is 4. The quantitative estimate of drug-likeness (QED) is 0.566. The summed E-state index contributed by atoms with van der Waals surface area (Å²) in [7, 11) is 0. The molecule has 6 heteroatoms. The second-order valence-corrected chi connectivity index (χ2v) is 7.75. The number of carbonyl (C=O) groups excluding carboxylic acids is 1. The highest BCUT2D eigenvalue weighted by atomic mass is 32.2. The number of nitrogens with zero attached hydrogens (tertiary/aromatic N) is 3. The van der Waals surface area contributed by atoms with E-state index < -0.39 is 0 Å². The third-order valence-electron chi connectivity index (χ3n) is 4.50. The Hall–Kier alpha value is -2.60. The van der Waals surface area contributed by atoms with Gasteiger partial charge in [0, 0.05) is 5.69 Å². The molecule has 1 heterocycles. The van der Waals surface area contributed by atoms with Crippen molar-refractivity contribution in [2.75, 3.05) is 5.75 Å². The molecule has 0 aliphatic heterocycles. The van der Waals surface area contributed by atoms with Crippen molar-refractivity contribution in [2.24, 2.45) is 0 Å². The molecule has 5 nitrogen and oxygen atoms in total. The molecule has 0 saturated heterocycles. The number of hydrogen-bond donors (Lipinski definition) is 1. The van der Waals surface area contributed by atoms with Gasteiger partial charge in [0.2, 0.25) is 5.91 Å². The topological polar surface area (TPSA) is 59.8 Å². The van der Waals surface area contributed by atoms with E-state index in [0.717, 1.165) is 35.1 Å². The number of rotatable bonds is 8. The zero-order valence-corrected chi connectivity index (χ0v) is 17.4. The average Bonchev–Trinajstić information content (AvgIpc) is 3.07. The van der Waals surface area contributed by atoms with Gasteiger partial charge in [-0.2, -0.15) is 0 Å². The molecule has 0 unspecified atom stereocenters. The third kappa shape index (κ3) is 5.01. The minimum absolute atomic E-state index is 0.00347. The maximum absolute atomic E-state index is 12.6. The summed E-state index contributed by atoms with van der Waals surface area (Å²) in [5.74, 6) is 1.11. The van der Waals surface area contributed by atoms with Crippen molar-refractivity contribution in [3.8, 4) is 5.69 Å². The fourth-order valence-corrected chi connectivity index (χ4v) is 3.97. The summed E-state index contributed by atoms with van der Waals surface area (Å²) in [4.78, 5) is 12.6. The van der Waals surface area contributed by atoms with Crippen molar-refractivity contribution < 1.29 is 4.79 Å². The molecule has 1 atom stereocenters. The monoisotopic (exact) mass is 394 g/mol. The molecule has 0 fully saturated rings. The zero-order chi connectivity index (χ0) is 19.9. The second kappa shape index (κ2) is 9.55. The van der Waals surface area contributed by atoms with Gasteiger partial charge in [-0.3, -0.25) is 9.36 Å². The van der Waals surface area contributed by atoms with Gasteiger partial charge in [0.1, 0.15) is 5.82 Å². The molecule has 1 aromatic heterocycles. The van der Waals surface area contributed by atoms with Crippen LogP contribution in [0, 0.1) is 13.8 Å². The number of aromatic nitrogens is 3. The Kier molecular flexibility index (Phi) is 6.87. The Morgan fingerprint density at radius 3 is 2.61 bits per heavy atom. The van der Waals surface area contributed by atoms with E-state index in [0.29, 0.717) is 5.75 Å². The molecule has 0 spiro atoms. The van der Waals surface area contributed by atoms with Crippen LogP contribution in [0.5, 0.6) is 0 Å². The van der Waals surface area contributed by atoms with Gasteiger partial charge in [-0.05, 0) is 43.5 Å². The van der Waals surface area contributed by atoms with Crippen LogP contribution in [0.15, 0.2) is 59.8 Å². The normalized spacial score (nSPS) is 12.0. The van der Waals surface area contributed by atoms with Crippen LogP contribution in [-0.2, 0) is 4.79 Å². The van der Waals surface area contributed by atoms with Crippen LogP contribution in [0.25, 0.3) is 5.69 Å². The first-order chi connectivity index (χ1) is 13.6. The first kappa shape index (κ1) is 20.1. The minimum Gasteiger partial charge on any atom is -0.349 e. The number of benzene rings is 2. The molecule has 0 bridgehead atoms. The molecule has 1 amide bonds. The van der Waals surface area contributed by atoms with Gasteiger partial charge in [-0.1, -0.05) is 67.6 Å². The lowest BCUT2D eigenvalue weighted by atomic mass is 10.0. The fraction of sp³-hybridized carbons (Fsp3) is 0.318. The lowest BCUT2D eigenvalue weighted by Gasteiger charge is -2.18. The van der Waals surface area contributed by atoms with E-state index in [2.05, 4.69) is 53.6 Å². The van der Waals surface area contributed by atoms with E-state index >= 15 is 0 Å². The molecule has 3 rings (SSSR count). The highest BCUT2D eigenvalue weighted by molar-refractivity contribution is 7.99. The number of thioether (sulfide) groups is 1. The van der Waals surface area contributed by atoms with Crippen LogP contribution in [-0.4, -0.2) is 26.4 Å². The Bertz CT molecular complexity index is 923. The summed E-state index contributed by atoms with van der Waals surface area (Å²) in [5, 5.41) is 12.4. The van der Waals surface area contributed by atoms with Gasteiger partial charge in [-0.15, -0.1) is 10.2 Å². The molecule has 3 aromatic rings. The largest absolute Gasteiger partial charge is 0.349 e.